The third-order valence-corrected chi connectivity index (χ3v) is 5.25. The molecular formula is C25H15F7N4O. The highest BCUT2D eigenvalue weighted by Crippen LogP contribution is 2.38. The Kier molecular flexibility index (Phi) is 6.59. The molecule has 1 amide bonds. The van der Waals surface area contributed by atoms with Gasteiger partial charge in [-0.2, -0.15) is 26.3 Å². The lowest BCUT2D eigenvalue weighted by molar-refractivity contribution is -0.143. The number of primary amides is 1. The topological polar surface area (TPSA) is 73.8 Å². The van der Waals surface area contributed by atoms with E-state index in [0.717, 1.165) is 23.3 Å². The number of hydrogen-bond acceptors (Lipinski definition) is 3. The van der Waals surface area contributed by atoms with Gasteiger partial charge in [-0.25, -0.2) is 14.1 Å². The minimum absolute atomic E-state index is 0.0146. The number of hydrogen-bond donors (Lipinski definition) is 1. The first-order chi connectivity index (χ1) is 17.3. The van der Waals surface area contributed by atoms with Crippen molar-refractivity contribution in [2.24, 2.45) is 5.73 Å². The van der Waals surface area contributed by atoms with Crippen LogP contribution in [0.3, 0.4) is 0 Å². The van der Waals surface area contributed by atoms with Gasteiger partial charge in [-0.15, -0.1) is 5.10 Å². The first-order valence-electron chi connectivity index (χ1n) is 10.4. The Morgan fingerprint density at radius 1 is 0.838 bits per heavy atom. The molecule has 4 rings (SSSR count). The number of nitrogens with zero attached hydrogens (tertiary/aromatic N) is 3. The van der Waals surface area contributed by atoms with Crippen LogP contribution >= 0.6 is 0 Å². The van der Waals surface area contributed by atoms with Crippen LogP contribution in [0.4, 0.5) is 30.7 Å². The van der Waals surface area contributed by atoms with Gasteiger partial charge in [0.05, 0.1) is 16.7 Å². The molecule has 37 heavy (non-hydrogen) atoms. The van der Waals surface area contributed by atoms with E-state index in [-0.39, 0.29) is 22.8 Å². The van der Waals surface area contributed by atoms with Gasteiger partial charge in [0, 0.05) is 17.3 Å². The van der Waals surface area contributed by atoms with Crippen molar-refractivity contribution in [2.45, 2.75) is 12.4 Å². The van der Waals surface area contributed by atoms with E-state index in [2.05, 4.69) is 10.1 Å². The molecule has 0 fully saturated rings. The highest BCUT2D eigenvalue weighted by Gasteiger charge is 2.37. The number of benzene rings is 3. The average Bonchev–Trinajstić information content (AvgIpc) is 3.30. The molecule has 0 unspecified atom stereocenters. The van der Waals surface area contributed by atoms with Crippen molar-refractivity contribution in [3.63, 3.8) is 0 Å². The summed E-state index contributed by atoms with van der Waals surface area (Å²) in [5.41, 5.74) is 2.52. The van der Waals surface area contributed by atoms with Gasteiger partial charge in [-0.05, 0) is 35.4 Å². The Morgan fingerprint density at radius 3 is 2.00 bits per heavy atom. The molecule has 0 aliphatic carbocycles. The third kappa shape index (κ3) is 5.68. The molecule has 0 saturated carbocycles. The van der Waals surface area contributed by atoms with Crippen molar-refractivity contribution >= 4 is 17.7 Å². The van der Waals surface area contributed by atoms with Gasteiger partial charge in [0.2, 0.25) is 0 Å². The molecule has 1 heterocycles. The van der Waals surface area contributed by atoms with Crippen LogP contribution in [-0.4, -0.2) is 20.7 Å². The van der Waals surface area contributed by atoms with Gasteiger partial charge in [-0.3, -0.25) is 4.79 Å². The monoisotopic (exact) mass is 520 g/mol. The lowest BCUT2D eigenvalue weighted by Gasteiger charge is -2.13. The van der Waals surface area contributed by atoms with E-state index < -0.39 is 46.6 Å². The standard InChI is InChI=1S/C25H15F7N4O/c26-21-10-15(6-7-19(21)14-4-2-1-3-5-14)20(22(33)37)12-36-13-34-23(35-36)16-8-17(24(27,28)29)11-18(9-16)25(30,31)32/h1-13H,(H2,33,37)/b20-12-. The van der Waals surface area contributed by atoms with E-state index >= 15 is 0 Å². The predicted molar refractivity (Wildman–Crippen MR) is 121 cm³/mol. The second-order valence-electron chi connectivity index (χ2n) is 7.81. The molecule has 190 valence electrons. The number of amides is 1. The molecule has 1 aromatic heterocycles. The lowest BCUT2D eigenvalue weighted by Crippen LogP contribution is -2.14. The SMILES string of the molecule is NC(=O)/C(=C\n1cnc(-c2cc(C(F)(F)F)cc(C(F)(F)F)c2)n1)c1ccc(-c2ccccc2)c(F)c1. The number of carbonyl (C=O) groups is 1. The molecule has 5 nitrogen and oxygen atoms in total. The Hall–Kier alpha value is -4.48. The van der Waals surface area contributed by atoms with Crippen molar-refractivity contribution in [3.8, 4) is 22.5 Å². The average molecular weight is 520 g/mol. The molecule has 12 heteroatoms. The maximum absolute atomic E-state index is 14.8. The summed E-state index contributed by atoms with van der Waals surface area (Å²) in [6, 6.07) is 13.5. The zero-order chi connectivity index (χ0) is 27.0. The largest absolute Gasteiger partial charge is 0.416 e. The molecular weight excluding hydrogens is 505 g/mol. The van der Waals surface area contributed by atoms with Crippen LogP contribution in [0.15, 0.2) is 73.1 Å². The summed E-state index contributed by atoms with van der Waals surface area (Å²) in [6.45, 7) is 0. The van der Waals surface area contributed by atoms with Crippen LogP contribution in [0.1, 0.15) is 16.7 Å². The number of carbonyl (C=O) groups excluding carboxylic acids is 1. The Balaban J connectivity index is 1.73. The van der Waals surface area contributed by atoms with Gasteiger partial charge in [0.15, 0.2) is 5.82 Å². The smallest absolute Gasteiger partial charge is 0.366 e. The first kappa shape index (κ1) is 25.6. The number of halogens is 7. The van der Waals surface area contributed by atoms with E-state index in [1.165, 1.54) is 12.1 Å². The van der Waals surface area contributed by atoms with Crippen molar-refractivity contribution in [1.29, 1.82) is 0 Å². The first-order valence-corrected chi connectivity index (χ1v) is 10.4. The molecule has 0 saturated heterocycles. The maximum atomic E-state index is 14.8. The normalized spacial score (nSPS) is 12.6. The van der Waals surface area contributed by atoms with E-state index in [4.69, 9.17) is 5.73 Å². The maximum Gasteiger partial charge on any atom is 0.416 e. The zero-order valence-corrected chi connectivity index (χ0v) is 18.5. The fourth-order valence-corrected chi connectivity index (χ4v) is 3.50. The van der Waals surface area contributed by atoms with Crippen molar-refractivity contribution in [3.05, 3.63) is 95.6 Å². The quantitative estimate of drug-likeness (QED) is 0.249. The van der Waals surface area contributed by atoms with Crippen LogP contribution in [0.25, 0.3) is 34.3 Å². The molecule has 0 aliphatic heterocycles. The van der Waals surface area contributed by atoms with Gasteiger partial charge in [0.25, 0.3) is 5.91 Å². The van der Waals surface area contributed by atoms with Crippen LogP contribution in [0.2, 0.25) is 0 Å². The molecule has 2 N–H and O–H groups in total. The minimum atomic E-state index is -5.05. The number of nitrogens with two attached hydrogens (primary N) is 1. The van der Waals surface area contributed by atoms with Crippen LogP contribution < -0.4 is 5.73 Å². The predicted octanol–water partition coefficient (Wildman–Crippen LogP) is 6.27. The van der Waals surface area contributed by atoms with Crippen LogP contribution in [0.5, 0.6) is 0 Å². The summed E-state index contributed by atoms with van der Waals surface area (Å²) in [5, 5.41) is 3.86. The lowest BCUT2D eigenvalue weighted by atomic mass is 10.00. The van der Waals surface area contributed by atoms with Crippen molar-refractivity contribution < 1.29 is 35.5 Å². The molecule has 4 aromatic rings. The fourth-order valence-electron chi connectivity index (χ4n) is 3.50. The zero-order valence-electron chi connectivity index (χ0n) is 18.5. The number of alkyl halides is 6. The number of rotatable bonds is 5. The Bertz CT molecular complexity index is 1460. The van der Waals surface area contributed by atoms with Crippen molar-refractivity contribution in [2.75, 3.05) is 0 Å². The summed E-state index contributed by atoms with van der Waals surface area (Å²) in [5.74, 6) is -2.11. The highest BCUT2D eigenvalue weighted by atomic mass is 19.4. The van der Waals surface area contributed by atoms with Gasteiger partial charge >= 0.3 is 12.4 Å². The molecule has 0 bridgehead atoms. The second-order valence-corrected chi connectivity index (χ2v) is 7.81. The summed E-state index contributed by atoms with van der Waals surface area (Å²) >= 11 is 0. The molecule has 0 aliphatic rings. The van der Waals surface area contributed by atoms with E-state index in [1.807, 2.05) is 0 Å². The van der Waals surface area contributed by atoms with Crippen LogP contribution in [0, 0.1) is 5.82 Å². The third-order valence-electron chi connectivity index (χ3n) is 5.25. The molecule has 0 atom stereocenters. The van der Waals surface area contributed by atoms with E-state index in [0.29, 0.717) is 17.7 Å². The number of aromatic nitrogens is 3. The summed E-state index contributed by atoms with van der Waals surface area (Å²) in [4.78, 5) is 15.8. The summed E-state index contributed by atoms with van der Waals surface area (Å²) in [7, 11) is 0. The second kappa shape index (κ2) is 9.52. The molecule has 0 spiro atoms. The minimum Gasteiger partial charge on any atom is -0.366 e. The van der Waals surface area contributed by atoms with Crippen molar-refractivity contribution in [1.82, 2.24) is 14.8 Å². The molecule has 0 radical (unpaired) electrons. The highest BCUT2D eigenvalue weighted by molar-refractivity contribution is 6.22. The Morgan fingerprint density at radius 2 is 1.46 bits per heavy atom. The summed E-state index contributed by atoms with van der Waals surface area (Å²) < 4.78 is 94.7. The van der Waals surface area contributed by atoms with Crippen LogP contribution in [-0.2, 0) is 17.1 Å². The summed E-state index contributed by atoms with van der Waals surface area (Å²) in [6.07, 6.45) is -8.10. The van der Waals surface area contributed by atoms with E-state index in [1.54, 1.807) is 30.3 Å². The fraction of sp³-hybridized carbons (Fsp3) is 0.0800. The van der Waals surface area contributed by atoms with Gasteiger partial charge < -0.3 is 5.73 Å². The molecule has 3 aromatic carbocycles. The van der Waals surface area contributed by atoms with Gasteiger partial charge in [0.1, 0.15) is 12.1 Å². The van der Waals surface area contributed by atoms with Gasteiger partial charge in [-0.1, -0.05) is 42.5 Å². The Labute approximate surface area is 204 Å². The van der Waals surface area contributed by atoms with E-state index in [9.17, 15) is 35.5 Å².